The first kappa shape index (κ1) is 20.7. The van der Waals surface area contributed by atoms with Crippen LogP contribution in [0.1, 0.15) is 36.8 Å². The molecule has 0 saturated heterocycles. The number of benzene rings is 2. The van der Waals surface area contributed by atoms with Crippen LogP contribution in [0.5, 0.6) is 11.5 Å². The number of rotatable bonds is 2. The van der Waals surface area contributed by atoms with E-state index in [0.717, 1.165) is 43.6 Å². The molecule has 168 valence electrons. The Kier molecular flexibility index (Phi) is 4.83. The lowest BCUT2D eigenvalue weighted by Crippen LogP contribution is -2.45. The van der Waals surface area contributed by atoms with Crippen LogP contribution in [0.4, 0.5) is 24.5 Å². The predicted octanol–water partition coefficient (Wildman–Crippen LogP) is 5.26. The summed E-state index contributed by atoms with van der Waals surface area (Å²) in [5.74, 6) is 0.449. The van der Waals surface area contributed by atoms with E-state index in [4.69, 9.17) is 9.47 Å². The van der Waals surface area contributed by atoms with E-state index in [0.29, 0.717) is 35.6 Å². The molecule has 0 radical (unpaired) electrons. The van der Waals surface area contributed by atoms with Crippen molar-refractivity contribution in [2.24, 2.45) is 0 Å². The summed E-state index contributed by atoms with van der Waals surface area (Å²) in [5, 5.41) is 2.88. The summed E-state index contributed by atoms with van der Waals surface area (Å²) in [4.78, 5) is 15.0. The number of fused-ring (bicyclic) bond motifs is 2. The molecule has 1 N–H and O–H groups in total. The minimum absolute atomic E-state index is 0.187. The first-order valence-corrected chi connectivity index (χ1v) is 10.6. The number of alkyl halides is 3. The van der Waals surface area contributed by atoms with Gasteiger partial charge in [0.1, 0.15) is 18.0 Å². The van der Waals surface area contributed by atoms with Crippen LogP contribution in [-0.2, 0) is 11.0 Å². The first-order valence-electron chi connectivity index (χ1n) is 10.6. The Labute approximate surface area is 183 Å². The van der Waals surface area contributed by atoms with Crippen molar-refractivity contribution in [3.8, 4) is 11.5 Å². The SMILES string of the molecule is CN1CCOc2c(NC(=O)/C=C3\CC4(CCC4)Oc4cc(C(F)(F)F)ccc43)cccc21. The summed E-state index contributed by atoms with van der Waals surface area (Å²) in [7, 11) is 1.96. The van der Waals surface area contributed by atoms with E-state index >= 15 is 0 Å². The molecule has 1 amide bonds. The third-order valence-corrected chi connectivity index (χ3v) is 6.40. The molecule has 0 atom stereocenters. The zero-order chi connectivity index (χ0) is 22.5. The second-order valence-corrected chi connectivity index (χ2v) is 8.61. The summed E-state index contributed by atoms with van der Waals surface area (Å²) in [6.07, 6.45) is -0.0221. The highest BCUT2D eigenvalue weighted by atomic mass is 19.4. The molecule has 0 unspecified atom stereocenters. The number of para-hydroxylation sites is 1. The van der Waals surface area contributed by atoms with E-state index in [1.54, 1.807) is 6.07 Å². The minimum Gasteiger partial charge on any atom is -0.487 e. The Hall–Kier alpha value is -3.16. The summed E-state index contributed by atoms with van der Waals surface area (Å²) in [6, 6.07) is 9.01. The van der Waals surface area contributed by atoms with Gasteiger partial charge in [-0.15, -0.1) is 0 Å². The number of ether oxygens (including phenoxy) is 2. The topological polar surface area (TPSA) is 50.8 Å². The summed E-state index contributed by atoms with van der Waals surface area (Å²) >= 11 is 0. The number of carbonyl (C=O) groups is 1. The third kappa shape index (κ3) is 3.67. The number of nitrogens with zero attached hydrogens (tertiary/aromatic N) is 1. The lowest BCUT2D eigenvalue weighted by atomic mass is 9.72. The summed E-state index contributed by atoms with van der Waals surface area (Å²) < 4.78 is 51.4. The van der Waals surface area contributed by atoms with Gasteiger partial charge < -0.3 is 19.7 Å². The van der Waals surface area contributed by atoms with Gasteiger partial charge in [0.2, 0.25) is 5.91 Å². The van der Waals surface area contributed by atoms with Crippen LogP contribution in [0.25, 0.3) is 5.57 Å². The van der Waals surface area contributed by atoms with Crippen LogP contribution in [0, 0.1) is 0 Å². The number of halogens is 3. The number of amides is 1. The lowest BCUT2D eigenvalue weighted by Gasteiger charge is -2.46. The lowest BCUT2D eigenvalue weighted by molar-refractivity contribution is -0.138. The molecular weight excluding hydrogens is 421 g/mol. The smallest absolute Gasteiger partial charge is 0.416 e. The van der Waals surface area contributed by atoms with Crippen LogP contribution >= 0.6 is 0 Å². The number of carbonyl (C=O) groups excluding carboxylic acids is 1. The Balaban J connectivity index is 1.46. The maximum absolute atomic E-state index is 13.2. The van der Waals surface area contributed by atoms with Crippen molar-refractivity contribution in [2.75, 3.05) is 30.4 Å². The molecule has 1 saturated carbocycles. The summed E-state index contributed by atoms with van der Waals surface area (Å²) in [6.45, 7) is 1.28. The molecule has 2 aromatic carbocycles. The van der Waals surface area contributed by atoms with E-state index < -0.39 is 17.3 Å². The van der Waals surface area contributed by atoms with Gasteiger partial charge in [-0.25, -0.2) is 0 Å². The van der Waals surface area contributed by atoms with Gasteiger partial charge in [-0.3, -0.25) is 4.79 Å². The zero-order valence-corrected chi connectivity index (χ0v) is 17.6. The van der Waals surface area contributed by atoms with Gasteiger partial charge in [0.25, 0.3) is 0 Å². The van der Waals surface area contributed by atoms with E-state index in [2.05, 4.69) is 10.2 Å². The van der Waals surface area contributed by atoms with Gasteiger partial charge in [-0.05, 0) is 49.1 Å². The molecule has 1 fully saturated rings. The normalized spacial score (nSPS) is 20.0. The van der Waals surface area contributed by atoms with Crippen molar-refractivity contribution in [3.63, 3.8) is 0 Å². The van der Waals surface area contributed by atoms with Gasteiger partial charge in [0.05, 0.1) is 23.5 Å². The predicted molar refractivity (Wildman–Crippen MR) is 115 cm³/mol. The van der Waals surface area contributed by atoms with Crippen molar-refractivity contribution in [2.45, 2.75) is 37.5 Å². The Morgan fingerprint density at radius 2 is 2.03 bits per heavy atom. The highest BCUT2D eigenvalue weighted by molar-refractivity contribution is 6.06. The van der Waals surface area contributed by atoms with Crippen LogP contribution in [0.2, 0.25) is 0 Å². The first-order chi connectivity index (χ1) is 15.2. The number of hydrogen-bond acceptors (Lipinski definition) is 4. The molecule has 5 rings (SSSR count). The van der Waals surface area contributed by atoms with E-state index in [1.165, 1.54) is 12.1 Å². The highest BCUT2D eigenvalue weighted by Gasteiger charge is 2.44. The van der Waals surface area contributed by atoms with E-state index in [-0.39, 0.29) is 11.7 Å². The van der Waals surface area contributed by atoms with Crippen molar-refractivity contribution < 1.29 is 27.4 Å². The summed E-state index contributed by atoms with van der Waals surface area (Å²) in [5.41, 5.74) is 1.38. The molecular formula is C24H23F3N2O3. The molecule has 0 bridgehead atoms. The van der Waals surface area contributed by atoms with E-state index in [9.17, 15) is 18.0 Å². The van der Waals surface area contributed by atoms with Crippen molar-refractivity contribution in [1.82, 2.24) is 0 Å². The van der Waals surface area contributed by atoms with Gasteiger partial charge >= 0.3 is 6.18 Å². The van der Waals surface area contributed by atoms with Crippen LogP contribution in [-0.4, -0.2) is 31.7 Å². The van der Waals surface area contributed by atoms with Crippen LogP contribution < -0.4 is 19.7 Å². The zero-order valence-electron chi connectivity index (χ0n) is 17.6. The minimum atomic E-state index is -4.45. The largest absolute Gasteiger partial charge is 0.487 e. The Morgan fingerprint density at radius 3 is 2.75 bits per heavy atom. The fourth-order valence-corrected chi connectivity index (χ4v) is 4.55. The second kappa shape index (κ2) is 7.46. The third-order valence-electron chi connectivity index (χ3n) is 6.40. The standard InChI is InChI=1S/C24H23F3N2O3/c1-29-10-11-31-22-18(4-2-5-19(22)29)28-21(30)12-15-14-23(8-3-9-23)32-20-13-16(24(25,26)27)6-7-17(15)20/h2,4-7,12-13H,3,8-11,14H2,1H3,(H,28,30)/b15-12+. The molecule has 5 nitrogen and oxygen atoms in total. The maximum atomic E-state index is 13.2. The van der Waals surface area contributed by atoms with Crippen molar-refractivity contribution >= 4 is 22.9 Å². The average Bonchev–Trinajstić information content (AvgIpc) is 2.72. The molecule has 8 heteroatoms. The Bertz CT molecular complexity index is 1110. The highest BCUT2D eigenvalue weighted by Crippen LogP contribution is 2.50. The van der Waals surface area contributed by atoms with Gasteiger partial charge in [0, 0.05) is 25.1 Å². The van der Waals surface area contributed by atoms with Gasteiger partial charge in [-0.1, -0.05) is 12.1 Å². The molecule has 3 aliphatic rings. The van der Waals surface area contributed by atoms with E-state index in [1.807, 2.05) is 19.2 Å². The molecule has 0 aromatic heterocycles. The van der Waals surface area contributed by atoms with Crippen molar-refractivity contribution in [3.05, 3.63) is 53.6 Å². The molecule has 2 aliphatic heterocycles. The molecule has 1 spiro atoms. The average molecular weight is 444 g/mol. The number of nitrogens with one attached hydrogen (secondary N) is 1. The monoisotopic (exact) mass is 444 g/mol. The van der Waals surface area contributed by atoms with Crippen LogP contribution in [0.15, 0.2) is 42.5 Å². The second-order valence-electron chi connectivity index (χ2n) is 8.61. The number of anilines is 2. The maximum Gasteiger partial charge on any atom is 0.416 e. The number of likely N-dealkylation sites (N-methyl/N-ethyl adjacent to an activating group) is 1. The van der Waals surface area contributed by atoms with Gasteiger partial charge in [0.15, 0.2) is 5.75 Å². The Morgan fingerprint density at radius 1 is 1.22 bits per heavy atom. The molecule has 2 aromatic rings. The fraction of sp³-hybridized carbons (Fsp3) is 0.375. The van der Waals surface area contributed by atoms with Crippen LogP contribution in [0.3, 0.4) is 0 Å². The molecule has 32 heavy (non-hydrogen) atoms. The van der Waals surface area contributed by atoms with Gasteiger partial charge in [-0.2, -0.15) is 13.2 Å². The fourth-order valence-electron chi connectivity index (χ4n) is 4.55. The van der Waals surface area contributed by atoms with Crippen molar-refractivity contribution in [1.29, 1.82) is 0 Å². The number of hydrogen-bond donors (Lipinski definition) is 1. The molecule has 1 aliphatic carbocycles. The molecule has 2 heterocycles. The quantitative estimate of drug-likeness (QED) is 0.642.